The van der Waals surface area contributed by atoms with Crippen LogP contribution < -0.4 is 5.73 Å². The van der Waals surface area contributed by atoms with Crippen LogP contribution in [0, 0.1) is 5.82 Å². The molecule has 0 saturated heterocycles. The Kier molecular flexibility index (Phi) is 4.74. The number of benzene rings is 2. The minimum Gasteiger partial charge on any atom is -0.396 e. The first-order valence-corrected chi connectivity index (χ1v) is 6.88. The second-order valence-corrected chi connectivity index (χ2v) is 5.20. The number of nitrogens with zero attached hydrogens (tertiary/aromatic N) is 1. The molecule has 0 amide bonds. The lowest BCUT2D eigenvalue weighted by Crippen LogP contribution is -2.17. The smallest absolute Gasteiger partial charge is 0.146 e. The number of hydrogen-bond acceptors (Lipinski definition) is 2. The van der Waals surface area contributed by atoms with Gasteiger partial charge in [0, 0.05) is 13.1 Å². The summed E-state index contributed by atoms with van der Waals surface area (Å²) in [5, 5.41) is 0. The summed E-state index contributed by atoms with van der Waals surface area (Å²) in [6.07, 6.45) is 1.06. The maximum atomic E-state index is 13.4. The lowest BCUT2D eigenvalue weighted by atomic mass is 10.1. The fourth-order valence-electron chi connectivity index (χ4n) is 2.23. The highest BCUT2D eigenvalue weighted by Crippen LogP contribution is 2.14. The molecule has 2 rings (SSSR count). The van der Waals surface area contributed by atoms with E-state index >= 15 is 0 Å². The summed E-state index contributed by atoms with van der Waals surface area (Å²) in [6.45, 7) is 3.69. The molecular formula is C17H21FN2. The van der Waals surface area contributed by atoms with Gasteiger partial charge in [-0.15, -0.1) is 0 Å². The normalized spacial score (nSPS) is 11.0. The van der Waals surface area contributed by atoms with Crippen LogP contribution in [0.4, 0.5) is 10.1 Å². The molecule has 0 heterocycles. The Labute approximate surface area is 120 Å². The van der Waals surface area contributed by atoms with Gasteiger partial charge in [-0.25, -0.2) is 4.39 Å². The Morgan fingerprint density at radius 1 is 0.950 bits per heavy atom. The highest BCUT2D eigenvalue weighted by molar-refractivity contribution is 5.41. The molecule has 3 heteroatoms. The zero-order valence-corrected chi connectivity index (χ0v) is 12.1. The van der Waals surface area contributed by atoms with Crippen molar-refractivity contribution >= 4 is 5.69 Å². The van der Waals surface area contributed by atoms with Crippen LogP contribution in [0.5, 0.6) is 0 Å². The number of aryl methyl sites for hydroxylation is 1. The number of nitrogen functional groups attached to an aromatic ring is 1. The maximum absolute atomic E-state index is 13.4. The second-order valence-electron chi connectivity index (χ2n) is 5.20. The zero-order chi connectivity index (χ0) is 14.5. The molecule has 0 aromatic heterocycles. The minimum atomic E-state index is -0.344. The summed E-state index contributed by atoms with van der Waals surface area (Å²) in [6, 6.07) is 13.6. The van der Waals surface area contributed by atoms with Gasteiger partial charge in [0.2, 0.25) is 0 Å². The van der Waals surface area contributed by atoms with Crippen molar-refractivity contribution in [3.63, 3.8) is 0 Å². The molecule has 0 radical (unpaired) electrons. The number of halogens is 1. The van der Waals surface area contributed by atoms with Crippen molar-refractivity contribution in [1.82, 2.24) is 4.90 Å². The SMILES string of the molecule is CCc1ccc(CN(C)Cc2ccc(N)c(F)c2)cc1. The second kappa shape index (κ2) is 6.53. The summed E-state index contributed by atoms with van der Waals surface area (Å²) >= 11 is 0. The maximum Gasteiger partial charge on any atom is 0.146 e. The van der Waals surface area contributed by atoms with Crippen LogP contribution >= 0.6 is 0 Å². The molecule has 0 aliphatic carbocycles. The topological polar surface area (TPSA) is 29.3 Å². The summed E-state index contributed by atoms with van der Waals surface area (Å²) in [7, 11) is 2.03. The van der Waals surface area contributed by atoms with Crippen LogP contribution in [0.25, 0.3) is 0 Å². The van der Waals surface area contributed by atoms with Gasteiger partial charge in [-0.3, -0.25) is 4.90 Å². The van der Waals surface area contributed by atoms with Crippen molar-refractivity contribution in [1.29, 1.82) is 0 Å². The molecule has 0 aliphatic heterocycles. The number of anilines is 1. The largest absolute Gasteiger partial charge is 0.396 e. The van der Waals surface area contributed by atoms with Gasteiger partial charge in [0.1, 0.15) is 5.82 Å². The molecule has 106 valence electrons. The van der Waals surface area contributed by atoms with Crippen molar-refractivity contribution in [2.45, 2.75) is 26.4 Å². The van der Waals surface area contributed by atoms with Crippen molar-refractivity contribution in [2.75, 3.05) is 12.8 Å². The fraction of sp³-hybridized carbons (Fsp3) is 0.294. The molecule has 20 heavy (non-hydrogen) atoms. The molecule has 0 fully saturated rings. The Morgan fingerprint density at radius 3 is 2.10 bits per heavy atom. The van der Waals surface area contributed by atoms with E-state index in [0.29, 0.717) is 6.54 Å². The van der Waals surface area contributed by atoms with E-state index in [1.54, 1.807) is 6.07 Å². The highest BCUT2D eigenvalue weighted by Gasteiger charge is 2.05. The van der Waals surface area contributed by atoms with Crippen molar-refractivity contribution in [3.8, 4) is 0 Å². The first kappa shape index (κ1) is 14.5. The number of hydrogen-bond donors (Lipinski definition) is 1. The van der Waals surface area contributed by atoms with Gasteiger partial charge in [0.15, 0.2) is 0 Å². The number of rotatable bonds is 5. The van der Waals surface area contributed by atoms with Crippen molar-refractivity contribution in [2.24, 2.45) is 0 Å². The van der Waals surface area contributed by atoms with Crippen LogP contribution in [-0.4, -0.2) is 11.9 Å². The standard InChI is InChI=1S/C17H21FN2/c1-3-13-4-6-14(7-5-13)11-20(2)12-15-8-9-17(19)16(18)10-15/h4-10H,3,11-12,19H2,1-2H3. The molecule has 2 aromatic rings. The van der Waals surface area contributed by atoms with Gasteiger partial charge in [-0.1, -0.05) is 37.3 Å². The van der Waals surface area contributed by atoms with E-state index in [1.165, 1.54) is 17.2 Å². The highest BCUT2D eigenvalue weighted by atomic mass is 19.1. The average molecular weight is 272 g/mol. The molecular weight excluding hydrogens is 251 g/mol. The van der Waals surface area contributed by atoms with E-state index in [9.17, 15) is 4.39 Å². The van der Waals surface area contributed by atoms with Crippen molar-refractivity contribution < 1.29 is 4.39 Å². The summed E-state index contributed by atoms with van der Waals surface area (Å²) in [4.78, 5) is 2.16. The predicted molar refractivity (Wildman–Crippen MR) is 81.8 cm³/mol. The lowest BCUT2D eigenvalue weighted by molar-refractivity contribution is 0.318. The molecule has 0 bridgehead atoms. The molecule has 0 unspecified atom stereocenters. The Bertz CT molecular complexity index is 564. The van der Waals surface area contributed by atoms with Crippen LogP contribution in [0.15, 0.2) is 42.5 Å². The van der Waals surface area contributed by atoms with Gasteiger partial charge in [0.05, 0.1) is 5.69 Å². The summed E-state index contributed by atoms with van der Waals surface area (Å²) < 4.78 is 13.4. The molecule has 0 spiro atoms. The third-order valence-corrected chi connectivity index (χ3v) is 3.40. The van der Waals surface area contributed by atoms with Gasteiger partial charge >= 0.3 is 0 Å². The number of nitrogens with two attached hydrogens (primary N) is 1. The van der Waals surface area contributed by atoms with Crippen LogP contribution in [-0.2, 0) is 19.5 Å². The minimum absolute atomic E-state index is 0.201. The average Bonchev–Trinajstić information content (AvgIpc) is 2.44. The zero-order valence-electron chi connectivity index (χ0n) is 12.1. The monoisotopic (exact) mass is 272 g/mol. The molecule has 0 aliphatic rings. The van der Waals surface area contributed by atoms with Gasteiger partial charge < -0.3 is 5.73 Å². The first-order chi connectivity index (χ1) is 9.58. The van der Waals surface area contributed by atoms with Crippen LogP contribution in [0.1, 0.15) is 23.6 Å². The third kappa shape index (κ3) is 3.81. The van der Waals surface area contributed by atoms with Gasteiger partial charge in [-0.05, 0) is 42.3 Å². The van der Waals surface area contributed by atoms with Crippen LogP contribution in [0.2, 0.25) is 0 Å². The molecule has 2 aromatic carbocycles. The molecule has 2 N–H and O–H groups in total. The Hall–Kier alpha value is -1.87. The van der Waals surface area contributed by atoms with Gasteiger partial charge in [0.25, 0.3) is 0 Å². The summed E-state index contributed by atoms with van der Waals surface area (Å²) in [5.41, 5.74) is 9.23. The van der Waals surface area contributed by atoms with E-state index in [1.807, 2.05) is 13.1 Å². The van der Waals surface area contributed by atoms with E-state index in [0.717, 1.165) is 18.5 Å². The van der Waals surface area contributed by atoms with Crippen molar-refractivity contribution in [3.05, 3.63) is 65.0 Å². The van der Waals surface area contributed by atoms with Gasteiger partial charge in [-0.2, -0.15) is 0 Å². The molecule has 0 saturated carbocycles. The van der Waals surface area contributed by atoms with E-state index < -0.39 is 0 Å². The van der Waals surface area contributed by atoms with E-state index in [2.05, 4.69) is 36.1 Å². The first-order valence-electron chi connectivity index (χ1n) is 6.88. The molecule has 2 nitrogen and oxygen atoms in total. The Balaban J connectivity index is 1.97. The van der Waals surface area contributed by atoms with E-state index in [-0.39, 0.29) is 11.5 Å². The third-order valence-electron chi connectivity index (χ3n) is 3.40. The predicted octanol–water partition coefficient (Wildman–Crippen LogP) is 3.60. The fourth-order valence-corrected chi connectivity index (χ4v) is 2.23. The molecule has 0 atom stereocenters. The quantitative estimate of drug-likeness (QED) is 0.843. The van der Waals surface area contributed by atoms with E-state index in [4.69, 9.17) is 5.73 Å². The summed E-state index contributed by atoms with van der Waals surface area (Å²) in [5.74, 6) is -0.344. The lowest BCUT2D eigenvalue weighted by Gasteiger charge is -2.17. The van der Waals surface area contributed by atoms with Crippen LogP contribution in [0.3, 0.4) is 0 Å². The Morgan fingerprint density at radius 2 is 1.50 bits per heavy atom.